The number of alkyl halides is 2. The first-order chi connectivity index (χ1) is 22.0. The maximum Gasteiger partial charge on any atom is 0.329 e. The Labute approximate surface area is 268 Å². The predicted octanol–water partition coefficient (Wildman–Crippen LogP) is 9.75. The molecule has 0 spiro atoms. The van der Waals surface area contributed by atoms with Gasteiger partial charge in [-0.25, -0.2) is 15.0 Å². The molecule has 246 valence electrons. The first kappa shape index (κ1) is 34.9. The van der Waals surface area contributed by atoms with Gasteiger partial charge in [0, 0.05) is 44.4 Å². The summed E-state index contributed by atoms with van der Waals surface area (Å²) < 4.78 is 47.6. The Morgan fingerprint density at radius 1 is 0.689 bits per heavy atom. The molecule has 0 saturated heterocycles. The highest BCUT2D eigenvalue weighted by Crippen LogP contribution is 2.46. The highest BCUT2D eigenvalue weighted by Gasteiger charge is 2.52. The van der Waals surface area contributed by atoms with Crippen LogP contribution in [0.3, 0.4) is 0 Å². The molecule has 4 rings (SSSR count). The number of nitrogens with zero attached hydrogens (tertiary/aromatic N) is 3. The second-order valence-corrected chi connectivity index (χ2v) is 12.1. The lowest BCUT2D eigenvalue weighted by Gasteiger charge is -2.17. The second-order valence-electron chi connectivity index (χ2n) is 12.1. The summed E-state index contributed by atoms with van der Waals surface area (Å²) in [6, 6.07) is 11.6. The van der Waals surface area contributed by atoms with Gasteiger partial charge in [0.1, 0.15) is 11.4 Å². The van der Waals surface area contributed by atoms with E-state index in [1.54, 1.807) is 24.5 Å². The van der Waals surface area contributed by atoms with E-state index >= 15 is 8.78 Å². The molecular weight excluding hydrogens is 572 g/mol. The van der Waals surface area contributed by atoms with Crippen molar-refractivity contribution in [2.24, 2.45) is 0 Å². The van der Waals surface area contributed by atoms with Crippen LogP contribution in [0.2, 0.25) is 0 Å². The fraction of sp³-hybridized carbons (Fsp3) is 0.595. The van der Waals surface area contributed by atoms with Crippen LogP contribution in [0.15, 0.2) is 48.8 Å². The van der Waals surface area contributed by atoms with Gasteiger partial charge >= 0.3 is 5.92 Å². The molecule has 1 aliphatic heterocycles. The van der Waals surface area contributed by atoms with Crippen LogP contribution in [0.5, 0.6) is 5.75 Å². The van der Waals surface area contributed by atoms with Gasteiger partial charge in [-0.15, -0.1) is 0 Å². The van der Waals surface area contributed by atoms with Crippen LogP contribution >= 0.6 is 0 Å². The van der Waals surface area contributed by atoms with E-state index in [4.69, 9.17) is 14.2 Å². The minimum absolute atomic E-state index is 0.132. The van der Waals surface area contributed by atoms with Gasteiger partial charge in [0.25, 0.3) is 0 Å². The Kier molecular flexibility index (Phi) is 14.6. The molecule has 0 bridgehead atoms. The van der Waals surface area contributed by atoms with Gasteiger partial charge < -0.3 is 14.2 Å². The lowest BCUT2D eigenvalue weighted by Crippen LogP contribution is -2.30. The van der Waals surface area contributed by atoms with Crippen LogP contribution in [0.4, 0.5) is 8.78 Å². The van der Waals surface area contributed by atoms with Crippen molar-refractivity contribution in [2.45, 2.75) is 116 Å². The summed E-state index contributed by atoms with van der Waals surface area (Å²) in [5.41, 5.74) is 3.13. The molecule has 45 heavy (non-hydrogen) atoms. The molecule has 1 aliphatic rings. The Balaban J connectivity index is 1.22. The van der Waals surface area contributed by atoms with Gasteiger partial charge in [-0.3, -0.25) is 0 Å². The van der Waals surface area contributed by atoms with Crippen molar-refractivity contribution >= 4 is 0 Å². The Bertz CT molecular complexity index is 1250. The maximum atomic E-state index is 15.3. The van der Waals surface area contributed by atoms with Crippen molar-refractivity contribution < 1.29 is 23.0 Å². The minimum atomic E-state index is -3.17. The summed E-state index contributed by atoms with van der Waals surface area (Å²) in [5, 5.41) is 0. The summed E-state index contributed by atoms with van der Waals surface area (Å²) in [6.45, 7) is 7.42. The van der Waals surface area contributed by atoms with Crippen LogP contribution in [0.1, 0.15) is 109 Å². The van der Waals surface area contributed by atoms with Crippen molar-refractivity contribution in [3.63, 3.8) is 0 Å². The molecular formula is C37H51F2N3O3. The summed E-state index contributed by atoms with van der Waals surface area (Å²) in [6.07, 6.45) is 16.6. The van der Waals surface area contributed by atoms with Crippen LogP contribution in [-0.2, 0) is 21.8 Å². The third-order valence-corrected chi connectivity index (χ3v) is 8.31. The fourth-order valence-electron chi connectivity index (χ4n) is 5.53. The molecule has 1 unspecified atom stereocenters. The van der Waals surface area contributed by atoms with E-state index < -0.39 is 12.0 Å². The van der Waals surface area contributed by atoms with Gasteiger partial charge in [0.15, 0.2) is 17.6 Å². The third kappa shape index (κ3) is 10.8. The molecule has 3 heterocycles. The maximum absolute atomic E-state index is 15.3. The zero-order valence-corrected chi connectivity index (χ0v) is 27.2. The number of ether oxygens (including phenoxy) is 3. The number of aryl methyl sites for hydroxylation is 1. The first-order valence-electron chi connectivity index (χ1n) is 17.2. The average molecular weight is 624 g/mol. The average Bonchev–Trinajstić information content (AvgIpc) is 3.32. The molecule has 3 aromatic rings. The van der Waals surface area contributed by atoms with Gasteiger partial charge in [-0.2, -0.15) is 8.78 Å². The van der Waals surface area contributed by atoms with Gasteiger partial charge in [-0.1, -0.05) is 76.6 Å². The molecule has 2 aromatic heterocycles. The van der Waals surface area contributed by atoms with Crippen LogP contribution in [-0.4, -0.2) is 47.5 Å². The number of rotatable bonds is 22. The van der Waals surface area contributed by atoms with Crippen molar-refractivity contribution in [2.75, 3.05) is 26.4 Å². The van der Waals surface area contributed by atoms with Crippen LogP contribution < -0.4 is 4.74 Å². The lowest BCUT2D eigenvalue weighted by atomic mass is 10.0. The highest BCUT2D eigenvalue weighted by molar-refractivity contribution is 5.63. The van der Waals surface area contributed by atoms with E-state index in [1.165, 1.54) is 44.1 Å². The van der Waals surface area contributed by atoms with Crippen molar-refractivity contribution in [3.05, 3.63) is 60.0 Å². The molecule has 0 radical (unpaired) electrons. The zero-order valence-electron chi connectivity index (χ0n) is 27.2. The summed E-state index contributed by atoms with van der Waals surface area (Å²) in [5.74, 6) is -2.73. The molecule has 1 aromatic carbocycles. The van der Waals surface area contributed by atoms with E-state index in [2.05, 4.69) is 53.1 Å². The normalized spacial score (nSPS) is 15.2. The van der Waals surface area contributed by atoms with E-state index in [0.717, 1.165) is 69.5 Å². The second kappa shape index (κ2) is 18.9. The van der Waals surface area contributed by atoms with Crippen LogP contribution in [0.25, 0.3) is 22.6 Å². The highest BCUT2D eigenvalue weighted by atomic mass is 19.3. The molecule has 8 heteroatoms. The number of benzene rings is 1. The zero-order chi connectivity index (χ0) is 31.7. The molecule has 1 atom stereocenters. The number of aromatic nitrogens is 3. The summed E-state index contributed by atoms with van der Waals surface area (Å²) >= 11 is 0. The largest absolute Gasteiger partial charge is 0.482 e. The smallest absolute Gasteiger partial charge is 0.329 e. The first-order valence-corrected chi connectivity index (χ1v) is 17.2. The molecule has 0 saturated carbocycles. The molecule has 0 N–H and O–H groups in total. The quantitative estimate of drug-likeness (QED) is 0.104. The van der Waals surface area contributed by atoms with Crippen molar-refractivity contribution in [1.82, 2.24) is 15.0 Å². The van der Waals surface area contributed by atoms with Gasteiger partial charge in [0.05, 0.1) is 0 Å². The van der Waals surface area contributed by atoms with Crippen LogP contribution in [0, 0.1) is 0 Å². The Morgan fingerprint density at radius 3 is 1.91 bits per heavy atom. The fourth-order valence-corrected chi connectivity index (χ4v) is 5.53. The molecule has 0 fully saturated rings. The third-order valence-electron chi connectivity index (χ3n) is 8.31. The van der Waals surface area contributed by atoms with E-state index in [-0.39, 0.29) is 17.9 Å². The number of halogens is 2. The Hall–Kier alpha value is -2.97. The lowest BCUT2D eigenvalue weighted by molar-refractivity contribution is -0.0821. The Morgan fingerprint density at radius 2 is 1.29 bits per heavy atom. The number of fused-ring (bicyclic) bond motifs is 1. The topological polar surface area (TPSA) is 66.4 Å². The van der Waals surface area contributed by atoms with E-state index in [9.17, 15) is 0 Å². The van der Waals surface area contributed by atoms with Crippen molar-refractivity contribution in [3.8, 4) is 28.4 Å². The van der Waals surface area contributed by atoms with Gasteiger partial charge in [-0.05, 0) is 74.6 Å². The number of pyridine rings is 1. The SMILES string of the molecule is CCCCCCOCCCCc1ccc(-c2cnc(-c3ccc4c(n3)C(F)(F)C(CCCCOCCCCCC)O4)nc2)cc1. The standard InChI is InChI=1S/C37H51F2N3O3/c1-3-5-7-11-23-43-25-13-9-15-29-17-19-30(20-18-29)31-27-40-36(41-28-31)32-21-22-33-35(42-32)37(38,39)34(45-33)16-10-14-26-44-24-12-8-6-4-2/h17-22,27-28,34H,3-16,23-26H2,1-2H3. The monoisotopic (exact) mass is 623 g/mol. The molecule has 6 nitrogen and oxygen atoms in total. The summed E-state index contributed by atoms with van der Waals surface area (Å²) in [7, 11) is 0. The summed E-state index contributed by atoms with van der Waals surface area (Å²) in [4.78, 5) is 13.2. The predicted molar refractivity (Wildman–Crippen MR) is 176 cm³/mol. The number of hydrogen-bond acceptors (Lipinski definition) is 6. The molecule has 0 amide bonds. The van der Waals surface area contributed by atoms with Crippen molar-refractivity contribution in [1.29, 1.82) is 0 Å². The minimum Gasteiger partial charge on any atom is -0.482 e. The van der Waals surface area contributed by atoms with E-state index in [0.29, 0.717) is 24.5 Å². The number of hydrogen-bond donors (Lipinski definition) is 0. The molecule has 0 aliphatic carbocycles. The van der Waals surface area contributed by atoms with E-state index in [1.807, 2.05) is 0 Å². The van der Waals surface area contributed by atoms with Gasteiger partial charge in [0.2, 0.25) is 0 Å². The number of unbranched alkanes of at least 4 members (excludes halogenated alkanes) is 8.